The Kier molecular flexibility index (Phi) is 1.99. The highest BCUT2D eigenvalue weighted by Gasteiger charge is 2.12. The summed E-state index contributed by atoms with van der Waals surface area (Å²) in [4.78, 5) is 4.81. The summed E-state index contributed by atoms with van der Waals surface area (Å²) in [7, 11) is 0. The maximum Gasteiger partial charge on any atom is 0.146 e. The number of imidazole rings is 1. The molecule has 2 heterocycles. The number of aryl methyl sites for hydroxylation is 2. The number of rotatable bonds is 0. The first kappa shape index (κ1) is 10.6. The second-order valence-corrected chi connectivity index (χ2v) is 5.02. The molecule has 2 nitrogen and oxygen atoms in total. The van der Waals surface area contributed by atoms with Crippen molar-refractivity contribution >= 4 is 27.5 Å². The van der Waals surface area contributed by atoms with E-state index >= 15 is 0 Å². The van der Waals surface area contributed by atoms with Gasteiger partial charge in [0.2, 0.25) is 0 Å². The van der Waals surface area contributed by atoms with Crippen molar-refractivity contribution in [2.45, 2.75) is 13.8 Å². The van der Waals surface area contributed by atoms with E-state index in [2.05, 4.69) is 60.7 Å². The van der Waals surface area contributed by atoms with Crippen LogP contribution in [0.25, 0.3) is 27.5 Å². The van der Waals surface area contributed by atoms with E-state index < -0.39 is 0 Å². The summed E-state index contributed by atoms with van der Waals surface area (Å²) in [5.41, 5.74) is 5.89. The van der Waals surface area contributed by atoms with E-state index in [4.69, 9.17) is 4.98 Å². The monoisotopic (exact) mass is 246 g/mol. The summed E-state index contributed by atoms with van der Waals surface area (Å²) < 4.78 is 2.27. The van der Waals surface area contributed by atoms with Crippen LogP contribution in [0.15, 0.2) is 48.5 Å². The van der Waals surface area contributed by atoms with Gasteiger partial charge in [-0.05, 0) is 36.9 Å². The molecule has 0 aliphatic heterocycles. The molecule has 2 heteroatoms. The number of fused-ring (bicyclic) bond motifs is 5. The first-order valence-corrected chi connectivity index (χ1v) is 6.52. The molecule has 19 heavy (non-hydrogen) atoms. The summed E-state index contributed by atoms with van der Waals surface area (Å²) in [6, 6.07) is 16.8. The number of para-hydroxylation sites is 2. The first-order valence-electron chi connectivity index (χ1n) is 6.52. The van der Waals surface area contributed by atoms with Gasteiger partial charge >= 0.3 is 0 Å². The highest BCUT2D eigenvalue weighted by molar-refractivity contribution is 6.00. The maximum atomic E-state index is 4.81. The predicted octanol–water partition coefficient (Wildman–Crippen LogP) is 4.26. The molecule has 0 aliphatic carbocycles. The zero-order valence-electron chi connectivity index (χ0n) is 11.0. The van der Waals surface area contributed by atoms with Crippen LogP contribution in [0.4, 0.5) is 0 Å². The van der Waals surface area contributed by atoms with E-state index in [9.17, 15) is 0 Å². The van der Waals surface area contributed by atoms with Gasteiger partial charge in [-0.3, -0.25) is 4.40 Å². The first-order chi connectivity index (χ1) is 9.27. The van der Waals surface area contributed by atoms with Crippen LogP contribution in [0.5, 0.6) is 0 Å². The molecule has 0 saturated heterocycles. The molecule has 0 spiro atoms. The topological polar surface area (TPSA) is 17.3 Å². The number of hydrogen-bond donors (Lipinski definition) is 0. The van der Waals surface area contributed by atoms with E-state index in [1.54, 1.807) is 0 Å². The van der Waals surface area contributed by atoms with Crippen molar-refractivity contribution in [1.29, 1.82) is 0 Å². The molecule has 2 aromatic heterocycles. The Balaban J connectivity index is 2.41. The van der Waals surface area contributed by atoms with Gasteiger partial charge in [-0.25, -0.2) is 4.98 Å². The highest BCUT2D eigenvalue weighted by Crippen LogP contribution is 2.29. The average Bonchev–Trinajstić information content (AvgIpc) is 2.84. The molecule has 0 unspecified atom stereocenters. The van der Waals surface area contributed by atoms with Crippen LogP contribution >= 0.6 is 0 Å². The Bertz CT molecular complexity index is 932. The molecule has 0 saturated carbocycles. The molecule has 0 N–H and O–H groups in total. The molecule has 0 bridgehead atoms. The SMILES string of the molecule is Cc1c(C)n2c3ccccc3nc2c2ccccc12. The van der Waals surface area contributed by atoms with Crippen molar-refractivity contribution < 1.29 is 0 Å². The zero-order valence-corrected chi connectivity index (χ0v) is 11.0. The lowest BCUT2D eigenvalue weighted by atomic mass is 10.1. The van der Waals surface area contributed by atoms with Gasteiger partial charge in [0.25, 0.3) is 0 Å². The lowest BCUT2D eigenvalue weighted by molar-refractivity contribution is 1.11. The van der Waals surface area contributed by atoms with Crippen LogP contribution in [0.2, 0.25) is 0 Å². The van der Waals surface area contributed by atoms with Crippen LogP contribution in [0.3, 0.4) is 0 Å². The normalized spacial score (nSPS) is 11.7. The molecule has 0 radical (unpaired) electrons. The third-order valence-corrected chi connectivity index (χ3v) is 4.01. The minimum absolute atomic E-state index is 1.06. The van der Waals surface area contributed by atoms with Crippen molar-refractivity contribution in [2.75, 3.05) is 0 Å². The summed E-state index contributed by atoms with van der Waals surface area (Å²) in [6.07, 6.45) is 0. The van der Waals surface area contributed by atoms with Gasteiger partial charge in [0.15, 0.2) is 0 Å². The van der Waals surface area contributed by atoms with Crippen LogP contribution < -0.4 is 0 Å². The molecular formula is C17H14N2. The Morgan fingerprint density at radius 1 is 0.842 bits per heavy atom. The van der Waals surface area contributed by atoms with Crippen molar-refractivity contribution in [2.24, 2.45) is 0 Å². The van der Waals surface area contributed by atoms with Crippen LogP contribution in [-0.4, -0.2) is 9.38 Å². The summed E-state index contributed by atoms with van der Waals surface area (Å²) in [5, 5.41) is 2.52. The molecular weight excluding hydrogens is 232 g/mol. The smallest absolute Gasteiger partial charge is 0.146 e. The fourth-order valence-electron chi connectivity index (χ4n) is 2.91. The van der Waals surface area contributed by atoms with Crippen LogP contribution in [0.1, 0.15) is 11.3 Å². The van der Waals surface area contributed by atoms with Crippen molar-refractivity contribution in [3.63, 3.8) is 0 Å². The molecule has 4 aromatic rings. The fraction of sp³-hybridized carbons (Fsp3) is 0.118. The number of aromatic nitrogens is 2. The van der Waals surface area contributed by atoms with E-state index in [0.29, 0.717) is 0 Å². The second-order valence-electron chi connectivity index (χ2n) is 5.02. The summed E-state index contributed by atoms with van der Waals surface area (Å²) >= 11 is 0. The number of nitrogens with zero attached hydrogens (tertiary/aromatic N) is 2. The Labute approximate surface area is 111 Å². The second kappa shape index (κ2) is 3.58. The highest BCUT2D eigenvalue weighted by atomic mass is 15.0. The quantitative estimate of drug-likeness (QED) is 0.453. The minimum Gasteiger partial charge on any atom is -0.296 e. The summed E-state index contributed by atoms with van der Waals surface area (Å²) in [5.74, 6) is 0. The summed E-state index contributed by atoms with van der Waals surface area (Å²) in [6.45, 7) is 4.36. The molecule has 4 rings (SSSR count). The van der Waals surface area contributed by atoms with E-state index in [0.717, 1.165) is 11.2 Å². The molecule has 0 fully saturated rings. The minimum atomic E-state index is 1.06. The van der Waals surface area contributed by atoms with Crippen molar-refractivity contribution in [1.82, 2.24) is 9.38 Å². The Morgan fingerprint density at radius 3 is 2.37 bits per heavy atom. The van der Waals surface area contributed by atoms with Gasteiger partial charge in [-0.1, -0.05) is 36.4 Å². The van der Waals surface area contributed by atoms with Gasteiger partial charge in [0, 0.05) is 11.1 Å². The van der Waals surface area contributed by atoms with Gasteiger partial charge in [-0.15, -0.1) is 0 Å². The van der Waals surface area contributed by atoms with Crippen molar-refractivity contribution in [3.8, 4) is 0 Å². The van der Waals surface area contributed by atoms with E-state index in [1.807, 2.05) is 6.07 Å². The fourth-order valence-corrected chi connectivity index (χ4v) is 2.91. The Hall–Kier alpha value is -2.35. The van der Waals surface area contributed by atoms with Gasteiger partial charge in [-0.2, -0.15) is 0 Å². The predicted molar refractivity (Wildman–Crippen MR) is 79.7 cm³/mol. The zero-order chi connectivity index (χ0) is 13.0. The van der Waals surface area contributed by atoms with Gasteiger partial charge in [0.05, 0.1) is 11.0 Å². The molecule has 92 valence electrons. The number of hydrogen-bond acceptors (Lipinski definition) is 1. The number of pyridine rings is 1. The third-order valence-electron chi connectivity index (χ3n) is 4.01. The van der Waals surface area contributed by atoms with Crippen molar-refractivity contribution in [3.05, 3.63) is 59.8 Å². The van der Waals surface area contributed by atoms with Gasteiger partial charge in [0.1, 0.15) is 5.65 Å². The molecule has 2 aromatic carbocycles. The van der Waals surface area contributed by atoms with Crippen LogP contribution in [0, 0.1) is 13.8 Å². The maximum absolute atomic E-state index is 4.81. The lowest BCUT2D eigenvalue weighted by Gasteiger charge is -2.10. The van der Waals surface area contributed by atoms with E-state index in [1.165, 1.54) is 27.5 Å². The third kappa shape index (κ3) is 1.28. The number of benzene rings is 2. The molecule has 0 atom stereocenters. The Morgan fingerprint density at radius 2 is 1.53 bits per heavy atom. The average molecular weight is 246 g/mol. The van der Waals surface area contributed by atoms with Crippen LogP contribution in [-0.2, 0) is 0 Å². The molecule has 0 amide bonds. The largest absolute Gasteiger partial charge is 0.296 e. The molecule has 0 aliphatic rings. The van der Waals surface area contributed by atoms with E-state index in [-0.39, 0.29) is 0 Å². The standard InChI is InChI=1S/C17H14N2/c1-11-12(2)19-16-10-6-5-9-15(16)18-17(19)14-8-4-3-7-13(11)14/h3-10H,1-2H3. The van der Waals surface area contributed by atoms with Gasteiger partial charge < -0.3 is 0 Å². The lowest BCUT2D eigenvalue weighted by Crippen LogP contribution is -1.96.